The molecule has 1 unspecified atom stereocenters. The van der Waals surface area contributed by atoms with Crippen LogP contribution in [0, 0.1) is 5.92 Å². The zero-order valence-electron chi connectivity index (χ0n) is 11.4. The Hall–Kier alpha value is -1.14. The zero-order valence-corrected chi connectivity index (χ0v) is 11.4. The largest absolute Gasteiger partial charge is 0.354 e. The van der Waals surface area contributed by atoms with Gasteiger partial charge < -0.3 is 15.5 Å². The molecule has 6 nitrogen and oxygen atoms in total. The van der Waals surface area contributed by atoms with E-state index >= 15 is 0 Å². The Morgan fingerprint density at radius 2 is 2.17 bits per heavy atom. The molecule has 2 N–H and O–H groups in total. The summed E-state index contributed by atoms with van der Waals surface area (Å²) in [6.45, 7) is 8.46. The summed E-state index contributed by atoms with van der Waals surface area (Å²) >= 11 is 0. The van der Waals surface area contributed by atoms with E-state index in [4.69, 9.17) is 5.73 Å². The first-order chi connectivity index (χ1) is 8.70. The number of anilines is 1. The van der Waals surface area contributed by atoms with Gasteiger partial charge in [-0.2, -0.15) is 0 Å². The third-order valence-electron chi connectivity index (χ3n) is 3.58. The van der Waals surface area contributed by atoms with E-state index in [1.807, 2.05) is 17.9 Å². The average Bonchev–Trinajstić information content (AvgIpc) is 2.66. The molecule has 1 aliphatic rings. The molecule has 18 heavy (non-hydrogen) atoms. The molecule has 0 spiro atoms. The fourth-order valence-corrected chi connectivity index (χ4v) is 2.47. The minimum atomic E-state index is 0.579. The maximum Gasteiger partial charge on any atom is 0.147 e. The van der Waals surface area contributed by atoms with Gasteiger partial charge in [-0.3, -0.25) is 0 Å². The van der Waals surface area contributed by atoms with Crippen LogP contribution in [0.25, 0.3) is 0 Å². The Balaban J connectivity index is 1.90. The molecule has 1 fully saturated rings. The lowest BCUT2D eigenvalue weighted by atomic mass is 10.1. The van der Waals surface area contributed by atoms with Gasteiger partial charge in [-0.15, -0.1) is 5.10 Å². The van der Waals surface area contributed by atoms with Gasteiger partial charge in [0.25, 0.3) is 0 Å². The lowest BCUT2D eigenvalue weighted by molar-refractivity contribution is 0.255. The first kappa shape index (κ1) is 13.3. The van der Waals surface area contributed by atoms with Gasteiger partial charge >= 0.3 is 0 Å². The summed E-state index contributed by atoms with van der Waals surface area (Å²) in [5.74, 6) is 1.69. The number of aryl methyl sites for hydroxylation is 1. The normalized spacial score (nSPS) is 19.8. The maximum atomic E-state index is 5.70. The summed E-state index contributed by atoms with van der Waals surface area (Å²) in [6, 6.07) is 0. The van der Waals surface area contributed by atoms with E-state index in [0.717, 1.165) is 45.1 Å². The topological polar surface area (TPSA) is 63.2 Å². The van der Waals surface area contributed by atoms with Crippen LogP contribution in [0.4, 0.5) is 5.82 Å². The Morgan fingerprint density at radius 3 is 2.83 bits per heavy atom. The molecular formula is C12H24N6. The van der Waals surface area contributed by atoms with Crippen LogP contribution in [0.5, 0.6) is 0 Å². The van der Waals surface area contributed by atoms with Crippen molar-refractivity contribution in [3.8, 4) is 0 Å². The predicted molar refractivity (Wildman–Crippen MR) is 72.5 cm³/mol. The van der Waals surface area contributed by atoms with E-state index in [1.165, 1.54) is 6.42 Å². The minimum Gasteiger partial charge on any atom is -0.354 e. The van der Waals surface area contributed by atoms with Gasteiger partial charge in [-0.25, -0.2) is 4.68 Å². The molecule has 1 aromatic heterocycles. The van der Waals surface area contributed by atoms with Crippen LogP contribution in [-0.4, -0.2) is 59.2 Å². The van der Waals surface area contributed by atoms with Crippen LogP contribution >= 0.6 is 0 Å². The van der Waals surface area contributed by atoms with Crippen LogP contribution in [-0.2, 0) is 7.05 Å². The molecule has 6 heteroatoms. The smallest absolute Gasteiger partial charge is 0.147 e. The van der Waals surface area contributed by atoms with Gasteiger partial charge in [-0.1, -0.05) is 12.1 Å². The minimum absolute atomic E-state index is 0.579. The molecule has 0 aromatic carbocycles. The molecular weight excluding hydrogens is 228 g/mol. The Morgan fingerprint density at radius 1 is 1.33 bits per heavy atom. The summed E-state index contributed by atoms with van der Waals surface area (Å²) in [6.07, 6.45) is 3.03. The van der Waals surface area contributed by atoms with E-state index in [-0.39, 0.29) is 0 Å². The summed E-state index contributed by atoms with van der Waals surface area (Å²) in [5.41, 5.74) is 5.70. The van der Waals surface area contributed by atoms with E-state index in [2.05, 4.69) is 27.0 Å². The molecule has 0 amide bonds. The molecule has 2 rings (SSSR count). The fraction of sp³-hybridized carbons (Fsp3) is 0.833. The van der Waals surface area contributed by atoms with Crippen molar-refractivity contribution in [3.63, 3.8) is 0 Å². The van der Waals surface area contributed by atoms with Gasteiger partial charge in [0.2, 0.25) is 0 Å². The highest BCUT2D eigenvalue weighted by Crippen LogP contribution is 2.14. The van der Waals surface area contributed by atoms with E-state index in [9.17, 15) is 0 Å². The second-order valence-electron chi connectivity index (χ2n) is 5.20. The van der Waals surface area contributed by atoms with Crippen molar-refractivity contribution in [2.75, 3.05) is 44.2 Å². The number of hydrogen-bond acceptors (Lipinski definition) is 5. The lowest BCUT2D eigenvalue weighted by Gasteiger charge is -2.24. The summed E-state index contributed by atoms with van der Waals surface area (Å²) in [7, 11) is 1.95. The second kappa shape index (κ2) is 6.15. The molecule has 0 aliphatic carbocycles. The summed E-state index contributed by atoms with van der Waals surface area (Å²) in [5, 5.41) is 7.95. The maximum absolute atomic E-state index is 5.70. The molecule has 102 valence electrons. The van der Waals surface area contributed by atoms with E-state index in [0.29, 0.717) is 5.92 Å². The van der Waals surface area contributed by atoms with Crippen molar-refractivity contribution < 1.29 is 0 Å². The van der Waals surface area contributed by atoms with Crippen molar-refractivity contribution >= 4 is 5.82 Å². The highest BCUT2D eigenvalue weighted by atomic mass is 15.5. The molecule has 0 bridgehead atoms. The molecule has 1 aliphatic heterocycles. The monoisotopic (exact) mass is 252 g/mol. The van der Waals surface area contributed by atoms with Gasteiger partial charge in [0.1, 0.15) is 5.82 Å². The van der Waals surface area contributed by atoms with Gasteiger partial charge in [0, 0.05) is 33.2 Å². The quantitative estimate of drug-likeness (QED) is 0.812. The van der Waals surface area contributed by atoms with Crippen LogP contribution in [0.15, 0.2) is 6.20 Å². The van der Waals surface area contributed by atoms with E-state index < -0.39 is 0 Å². The van der Waals surface area contributed by atoms with Crippen molar-refractivity contribution in [1.82, 2.24) is 19.9 Å². The fourth-order valence-electron chi connectivity index (χ4n) is 2.47. The third-order valence-corrected chi connectivity index (χ3v) is 3.58. The van der Waals surface area contributed by atoms with Gasteiger partial charge in [-0.05, 0) is 25.4 Å². The Bertz CT molecular complexity index is 363. The average molecular weight is 252 g/mol. The van der Waals surface area contributed by atoms with E-state index in [1.54, 1.807) is 0 Å². The second-order valence-corrected chi connectivity index (χ2v) is 5.20. The molecule has 1 atom stereocenters. The van der Waals surface area contributed by atoms with Gasteiger partial charge in [0.15, 0.2) is 0 Å². The van der Waals surface area contributed by atoms with Crippen molar-refractivity contribution in [2.45, 2.75) is 13.3 Å². The van der Waals surface area contributed by atoms with Crippen molar-refractivity contribution in [3.05, 3.63) is 6.20 Å². The molecule has 0 saturated carbocycles. The summed E-state index contributed by atoms with van der Waals surface area (Å²) < 4.78 is 1.85. The number of nitrogens with zero attached hydrogens (tertiary/aromatic N) is 5. The zero-order chi connectivity index (χ0) is 13.0. The Kier molecular flexibility index (Phi) is 4.54. The number of aromatic nitrogens is 3. The molecule has 2 heterocycles. The highest BCUT2D eigenvalue weighted by Gasteiger charge is 2.18. The molecule has 1 aromatic rings. The summed E-state index contributed by atoms with van der Waals surface area (Å²) in [4.78, 5) is 4.88. The highest BCUT2D eigenvalue weighted by molar-refractivity contribution is 5.35. The first-order valence-corrected chi connectivity index (χ1v) is 6.72. The third kappa shape index (κ3) is 3.20. The SMILES string of the molecule is CC(CN)CN1CCCN(c2cnnn2C)CC1. The van der Waals surface area contributed by atoms with Crippen LogP contribution in [0.2, 0.25) is 0 Å². The van der Waals surface area contributed by atoms with Crippen LogP contribution < -0.4 is 10.6 Å². The first-order valence-electron chi connectivity index (χ1n) is 6.72. The van der Waals surface area contributed by atoms with Crippen LogP contribution in [0.1, 0.15) is 13.3 Å². The number of hydrogen-bond donors (Lipinski definition) is 1. The van der Waals surface area contributed by atoms with Gasteiger partial charge in [0.05, 0.1) is 6.20 Å². The lowest BCUT2D eigenvalue weighted by Crippen LogP contribution is -2.35. The number of nitrogens with two attached hydrogens (primary N) is 1. The number of rotatable bonds is 4. The van der Waals surface area contributed by atoms with Crippen LogP contribution in [0.3, 0.4) is 0 Å². The van der Waals surface area contributed by atoms with Crippen molar-refractivity contribution in [1.29, 1.82) is 0 Å². The standard InChI is InChI=1S/C12H24N6/c1-11(8-13)10-17-4-3-5-18(7-6-17)12-9-14-15-16(12)2/h9,11H,3-8,10,13H2,1-2H3. The molecule has 0 radical (unpaired) electrons. The van der Waals surface area contributed by atoms with Crippen molar-refractivity contribution in [2.24, 2.45) is 18.7 Å². The predicted octanol–water partition coefficient (Wildman–Crippen LogP) is -0.0780. The Labute approximate surface area is 109 Å². The molecule has 1 saturated heterocycles.